The molecule has 1 aromatic carbocycles. The number of hydrogen-bond donors (Lipinski definition) is 2. The van der Waals surface area contributed by atoms with Crippen LogP contribution in [0.4, 0.5) is 9.18 Å². The first-order chi connectivity index (χ1) is 16.9. The van der Waals surface area contributed by atoms with Crippen LogP contribution in [0.15, 0.2) is 24.3 Å². The number of aryl methyl sites for hydroxylation is 1. The van der Waals surface area contributed by atoms with Crippen LogP contribution in [-0.2, 0) is 20.7 Å². The molecule has 1 aliphatic rings. The first-order valence-corrected chi connectivity index (χ1v) is 12.7. The zero-order chi connectivity index (χ0) is 26.9. The van der Waals surface area contributed by atoms with Gasteiger partial charge in [-0.2, -0.15) is 4.79 Å². The largest absolute Gasteiger partial charge is 0.516 e. The van der Waals surface area contributed by atoms with Gasteiger partial charge in [0.05, 0.1) is 19.6 Å². The number of nitrogens with zero attached hydrogens (tertiary/aromatic N) is 3. The van der Waals surface area contributed by atoms with Gasteiger partial charge in [0.25, 0.3) is 5.91 Å². The summed E-state index contributed by atoms with van der Waals surface area (Å²) in [5.74, 6) is -2.28. The number of halogens is 1. The summed E-state index contributed by atoms with van der Waals surface area (Å²) < 4.78 is 19.0. The van der Waals surface area contributed by atoms with Crippen molar-refractivity contribution in [1.82, 2.24) is 10.1 Å². The maximum Gasteiger partial charge on any atom is 0.516 e. The van der Waals surface area contributed by atoms with Gasteiger partial charge in [-0.1, -0.05) is 30.7 Å². The number of hydrogen-bond acceptors (Lipinski definition) is 6. The molecular formula is C26H41FN3O6+. The number of piperazine rings is 1. The highest BCUT2D eigenvalue weighted by Gasteiger charge is 2.44. The van der Waals surface area contributed by atoms with Gasteiger partial charge in [0.15, 0.2) is 0 Å². The summed E-state index contributed by atoms with van der Waals surface area (Å²) in [7, 11) is 0. The Bertz CT molecular complexity index is 877. The molecule has 202 valence electrons. The van der Waals surface area contributed by atoms with Crippen molar-refractivity contribution in [3.63, 3.8) is 0 Å². The van der Waals surface area contributed by atoms with Gasteiger partial charge < -0.3 is 9.64 Å². The Kier molecular flexibility index (Phi) is 10.8. The summed E-state index contributed by atoms with van der Waals surface area (Å²) in [6.07, 6.45) is 2.68. The molecule has 1 aromatic rings. The highest BCUT2D eigenvalue weighted by molar-refractivity contribution is 5.85. The van der Waals surface area contributed by atoms with Gasteiger partial charge in [-0.3, -0.25) is 20.0 Å². The number of carbonyl (C=O) groups is 3. The zero-order valence-electron chi connectivity index (χ0n) is 21.9. The SMILES string of the molecule is CCCC[N+]1(C(=O)OC(C)(C)C)CCN(C(=O)[C@H](CCCc2ccc(F)cc2)CC(=O)N(O)O)CC1. The summed E-state index contributed by atoms with van der Waals surface area (Å²) in [4.78, 5) is 40.1. The maximum atomic E-state index is 13.4. The fraction of sp³-hybridized carbons (Fsp3) is 0.654. The molecule has 1 aliphatic heterocycles. The van der Waals surface area contributed by atoms with Crippen LogP contribution < -0.4 is 0 Å². The lowest BCUT2D eigenvalue weighted by atomic mass is 9.94. The average Bonchev–Trinajstić information content (AvgIpc) is 2.82. The third-order valence-electron chi connectivity index (χ3n) is 6.55. The predicted octanol–water partition coefficient (Wildman–Crippen LogP) is 4.16. The van der Waals surface area contributed by atoms with Crippen LogP contribution in [0.3, 0.4) is 0 Å². The zero-order valence-corrected chi connectivity index (χ0v) is 21.9. The smallest absolute Gasteiger partial charge is 0.414 e. The Morgan fingerprint density at radius 2 is 1.72 bits per heavy atom. The summed E-state index contributed by atoms with van der Waals surface area (Å²) in [6, 6.07) is 6.10. The lowest BCUT2D eigenvalue weighted by molar-refractivity contribution is -0.863. The van der Waals surface area contributed by atoms with Crippen LogP contribution >= 0.6 is 0 Å². The first kappa shape index (κ1) is 29.7. The molecule has 10 heteroatoms. The van der Waals surface area contributed by atoms with Gasteiger partial charge in [0.2, 0.25) is 5.91 Å². The second-order valence-electron chi connectivity index (χ2n) is 10.6. The molecule has 9 nitrogen and oxygen atoms in total. The molecular weight excluding hydrogens is 469 g/mol. The molecule has 36 heavy (non-hydrogen) atoms. The number of quaternary nitrogens is 1. The molecule has 0 aromatic heterocycles. The Hall–Kier alpha value is -2.56. The van der Waals surface area contributed by atoms with E-state index in [1.54, 1.807) is 17.0 Å². The van der Waals surface area contributed by atoms with Crippen molar-refractivity contribution >= 4 is 17.9 Å². The molecule has 0 bridgehead atoms. The van der Waals surface area contributed by atoms with Crippen LogP contribution in [-0.4, -0.2) is 81.3 Å². The van der Waals surface area contributed by atoms with E-state index in [0.29, 0.717) is 52.0 Å². The third kappa shape index (κ3) is 8.83. The second kappa shape index (κ2) is 13.1. The van der Waals surface area contributed by atoms with Crippen molar-refractivity contribution in [2.24, 2.45) is 5.92 Å². The Balaban J connectivity index is 2.07. The summed E-state index contributed by atoms with van der Waals surface area (Å²) >= 11 is 0. The van der Waals surface area contributed by atoms with Gasteiger partial charge in [0, 0.05) is 12.3 Å². The van der Waals surface area contributed by atoms with Crippen molar-refractivity contribution in [3.05, 3.63) is 35.6 Å². The van der Waals surface area contributed by atoms with E-state index in [-0.39, 0.29) is 28.7 Å². The Labute approximate surface area is 212 Å². The van der Waals surface area contributed by atoms with Crippen molar-refractivity contribution in [2.45, 2.75) is 71.8 Å². The van der Waals surface area contributed by atoms with Gasteiger partial charge in [-0.05, 0) is 64.2 Å². The summed E-state index contributed by atoms with van der Waals surface area (Å²) in [6.45, 7) is 9.72. The quantitative estimate of drug-likeness (QED) is 0.278. The van der Waals surface area contributed by atoms with E-state index in [2.05, 4.69) is 6.92 Å². The number of amides is 3. The molecule has 0 radical (unpaired) electrons. The highest BCUT2D eigenvalue weighted by Crippen LogP contribution is 2.24. The van der Waals surface area contributed by atoms with Crippen LogP contribution in [0.2, 0.25) is 0 Å². The van der Waals surface area contributed by atoms with E-state index in [9.17, 15) is 18.8 Å². The predicted molar refractivity (Wildman–Crippen MR) is 130 cm³/mol. The summed E-state index contributed by atoms with van der Waals surface area (Å²) in [5, 5.41) is 17.8. The third-order valence-corrected chi connectivity index (χ3v) is 6.55. The van der Waals surface area contributed by atoms with E-state index in [1.807, 2.05) is 20.8 Å². The first-order valence-electron chi connectivity index (χ1n) is 12.7. The van der Waals surface area contributed by atoms with Crippen LogP contribution in [0.25, 0.3) is 0 Å². The average molecular weight is 511 g/mol. The van der Waals surface area contributed by atoms with Crippen molar-refractivity contribution in [2.75, 3.05) is 32.7 Å². The van der Waals surface area contributed by atoms with Crippen LogP contribution in [0.1, 0.15) is 65.4 Å². The number of carbonyl (C=O) groups excluding carboxylic acids is 3. The van der Waals surface area contributed by atoms with E-state index < -0.39 is 22.7 Å². The number of benzene rings is 1. The van der Waals surface area contributed by atoms with Gasteiger partial charge in [0.1, 0.15) is 24.5 Å². The standard InChI is InChI=1S/C26H41FN3O6/c1-5-6-16-30(25(33)36-26(2,3)4)17-14-28(15-18-30)24(32)21(19-23(31)29(34)35)9-7-8-20-10-12-22(27)13-11-20/h10-13,21,34-35H,5-9,14-19H2,1-4H3/q+1/t21-/m1/s1. The van der Waals surface area contributed by atoms with E-state index in [4.69, 9.17) is 15.2 Å². The number of rotatable bonds is 10. The minimum atomic E-state index is -0.964. The van der Waals surface area contributed by atoms with Crippen LogP contribution in [0, 0.1) is 11.7 Å². The lowest BCUT2D eigenvalue weighted by Crippen LogP contribution is -2.64. The maximum absolute atomic E-state index is 13.4. The van der Waals surface area contributed by atoms with E-state index in [0.717, 1.165) is 18.4 Å². The number of hydroxylamine groups is 2. The van der Waals surface area contributed by atoms with Crippen molar-refractivity contribution in [1.29, 1.82) is 0 Å². The molecule has 0 saturated carbocycles. The molecule has 1 saturated heterocycles. The minimum absolute atomic E-state index is 0.157. The molecule has 1 fully saturated rings. The van der Waals surface area contributed by atoms with Gasteiger partial charge >= 0.3 is 6.09 Å². The van der Waals surface area contributed by atoms with Crippen molar-refractivity contribution < 1.29 is 38.4 Å². The molecule has 3 amide bonds. The summed E-state index contributed by atoms with van der Waals surface area (Å²) in [5.41, 5.74) is 0.297. The molecule has 1 heterocycles. The molecule has 2 rings (SSSR count). The van der Waals surface area contributed by atoms with E-state index in [1.165, 1.54) is 12.1 Å². The lowest BCUT2D eigenvalue weighted by Gasteiger charge is -2.43. The monoisotopic (exact) mass is 510 g/mol. The van der Waals surface area contributed by atoms with Gasteiger partial charge in [-0.15, -0.1) is 0 Å². The van der Waals surface area contributed by atoms with Crippen molar-refractivity contribution in [3.8, 4) is 0 Å². The fourth-order valence-corrected chi connectivity index (χ4v) is 4.45. The Morgan fingerprint density at radius 3 is 2.25 bits per heavy atom. The normalized spacial score (nSPS) is 16.4. The van der Waals surface area contributed by atoms with Gasteiger partial charge in [-0.25, -0.2) is 8.87 Å². The molecule has 0 unspecified atom stereocenters. The highest BCUT2D eigenvalue weighted by atomic mass is 19.1. The molecule has 0 aliphatic carbocycles. The number of unbranched alkanes of at least 4 members (excludes halogenated alkanes) is 1. The van der Waals surface area contributed by atoms with Crippen LogP contribution in [0.5, 0.6) is 0 Å². The second-order valence-corrected chi connectivity index (χ2v) is 10.6. The Morgan fingerprint density at radius 1 is 1.11 bits per heavy atom. The molecule has 0 spiro atoms. The topological polar surface area (TPSA) is 107 Å². The van der Waals surface area contributed by atoms with E-state index >= 15 is 0 Å². The molecule has 1 atom stereocenters. The fourth-order valence-electron chi connectivity index (χ4n) is 4.45. The number of ether oxygens (including phenoxy) is 1. The molecule has 2 N–H and O–H groups in total. The minimum Gasteiger partial charge on any atom is -0.414 e.